The molecule has 6 heteroatoms. The summed E-state index contributed by atoms with van der Waals surface area (Å²) in [6, 6.07) is 9.77. The van der Waals surface area contributed by atoms with Gasteiger partial charge < -0.3 is 15.2 Å². The van der Waals surface area contributed by atoms with E-state index in [-0.39, 0.29) is 25.2 Å². The lowest BCUT2D eigenvalue weighted by molar-refractivity contribution is -0.139. The average Bonchev–Trinajstić information content (AvgIpc) is 2.76. The van der Waals surface area contributed by atoms with Gasteiger partial charge in [0.1, 0.15) is 13.2 Å². The van der Waals surface area contributed by atoms with Crippen molar-refractivity contribution in [3.8, 4) is 0 Å². The normalized spacial score (nSPS) is 11.0. The van der Waals surface area contributed by atoms with Crippen molar-refractivity contribution in [1.29, 1.82) is 0 Å². The lowest BCUT2D eigenvalue weighted by Crippen LogP contribution is -2.13. The summed E-state index contributed by atoms with van der Waals surface area (Å²) in [7, 11) is 0. The molecule has 1 rings (SSSR count). The van der Waals surface area contributed by atoms with Crippen LogP contribution < -0.4 is 5.73 Å². The molecule has 0 fully saturated rings. The number of rotatable bonds is 12. The van der Waals surface area contributed by atoms with Crippen LogP contribution in [0.1, 0.15) is 46.1 Å². The summed E-state index contributed by atoms with van der Waals surface area (Å²) in [5.41, 5.74) is 8.40. The maximum Gasteiger partial charge on any atom is 0.333 e. The minimum Gasteiger partial charge on any atom is -0.460 e. The summed E-state index contributed by atoms with van der Waals surface area (Å²) in [5.74, 6) is -0.0497. The molecule has 32 heavy (non-hydrogen) atoms. The summed E-state index contributed by atoms with van der Waals surface area (Å²) in [5, 5.41) is 0. The van der Waals surface area contributed by atoms with Gasteiger partial charge in [0.2, 0.25) is 0 Å². The zero-order chi connectivity index (χ0) is 24.4. The van der Waals surface area contributed by atoms with Gasteiger partial charge >= 0.3 is 11.9 Å². The average molecular weight is 443 g/mol. The van der Waals surface area contributed by atoms with Crippen molar-refractivity contribution in [2.45, 2.75) is 40.5 Å². The Hall–Kier alpha value is -2.99. The molecular weight excluding hydrogens is 404 g/mol. The number of allylic oxidation sites excluding steroid dienone is 1. The molecule has 0 aliphatic heterocycles. The number of hydrogen-bond donors (Lipinski definition) is 1. The van der Waals surface area contributed by atoms with Gasteiger partial charge in [0.15, 0.2) is 0 Å². The Balaban J connectivity index is 0.000000601. The number of ether oxygens (including phenoxy) is 2. The Bertz CT molecular complexity index is 780. The molecule has 1 aromatic carbocycles. The fraction of sp³-hybridized carbons (Fsp3) is 0.423. The molecule has 0 aliphatic rings. The monoisotopic (exact) mass is 442 g/mol. The van der Waals surface area contributed by atoms with E-state index < -0.39 is 0 Å². The van der Waals surface area contributed by atoms with E-state index in [9.17, 15) is 9.59 Å². The molecule has 0 amide bonds. The third-order valence-electron chi connectivity index (χ3n) is 4.02. The predicted octanol–water partition coefficient (Wildman–Crippen LogP) is 4.65. The summed E-state index contributed by atoms with van der Waals surface area (Å²) in [6.07, 6.45) is 5.92. The lowest BCUT2D eigenvalue weighted by Gasteiger charge is -2.07. The molecule has 0 spiro atoms. The highest BCUT2D eigenvalue weighted by atomic mass is 16.5. The van der Waals surface area contributed by atoms with Crippen LogP contribution in [0.15, 0.2) is 71.3 Å². The van der Waals surface area contributed by atoms with Crippen molar-refractivity contribution >= 4 is 18.2 Å². The molecule has 0 heterocycles. The summed E-state index contributed by atoms with van der Waals surface area (Å²) in [4.78, 5) is 26.3. The number of carbonyl (C=O) groups is 2. The minimum absolute atomic E-state index is 0.278. The fourth-order valence-electron chi connectivity index (χ4n) is 2.13. The van der Waals surface area contributed by atoms with Crippen LogP contribution in [0, 0.1) is 5.92 Å². The molecule has 0 aliphatic carbocycles. The Kier molecular flexibility index (Phi) is 16.0. The van der Waals surface area contributed by atoms with E-state index in [0.717, 1.165) is 24.0 Å². The first-order valence-corrected chi connectivity index (χ1v) is 10.7. The van der Waals surface area contributed by atoms with E-state index in [1.807, 2.05) is 30.3 Å². The van der Waals surface area contributed by atoms with E-state index in [0.29, 0.717) is 30.2 Å². The Morgan fingerprint density at radius 3 is 2.19 bits per heavy atom. The highest BCUT2D eigenvalue weighted by molar-refractivity contribution is 5.87. The van der Waals surface area contributed by atoms with Gasteiger partial charge in [0.25, 0.3) is 0 Å². The SMILES string of the molecule is C=C(C)C(=O)OCC(=CCCC(C)C)CN.C=C(C)C(=O)OCCN=Cc1ccccc1. The number of nitrogens with two attached hydrogens (primary N) is 1. The fourth-order valence-corrected chi connectivity index (χ4v) is 2.13. The summed E-state index contributed by atoms with van der Waals surface area (Å²) in [6.45, 7) is 16.1. The van der Waals surface area contributed by atoms with Gasteiger partial charge in [-0.2, -0.15) is 0 Å². The summed E-state index contributed by atoms with van der Waals surface area (Å²) < 4.78 is 9.92. The molecule has 0 atom stereocenters. The van der Waals surface area contributed by atoms with Crippen LogP contribution >= 0.6 is 0 Å². The van der Waals surface area contributed by atoms with Crippen molar-refractivity contribution in [2.75, 3.05) is 26.3 Å². The number of esters is 2. The van der Waals surface area contributed by atoms with E-state index in [1.165, 1.54) is 0 Å². The van der Waals surface area contributed by atoms with Crippen molar-refractivity contribution in [1.82, 2.24) is 0 Å². The van der Waals surface area contributed by atoms with Crippen LogP contribution in [0.5, 0.6) is 0 Å². The minimum atomic E-state index is -0.366. The number of hydrogen-bond acceptors (Lipinski definition) is 6. The van der Waals surface area contributed by atoms with Crippen LogP contribution in [0.2, 0.25) is 0 Å². The third kappa shape index (κ3) is 15.8. The quantitative estimate of drug-likeness (QED) is 0.167. The van der Waals surface area contributed by atoms with E-state index >= 15 is 0 Å². The molecule has 0 saturated carbocycles. The smallest absolute Gasteiger partial charge is 0.333 e. The number of aliphatic imine (C=N–C) groups is 1. The highest BCUT2D eigenvalue weighted by Gasteiger charge is 2.04. The summed E-state index contributed by atoms with van der Waals surface area (Å²) >= 11 is 0. The third-order valence-corrected chi connectivity index (χ3v) is 4.02. The van der Waals surface area contributed by atoms with Crippen LogP contribution in [-0.4, -0.2) is 44.5 Å². The van der Waals surface area contributed by atoms with Crippen molar-refractivity contribution in [3.63, 3.8) is 0 Å². The van der Waals surface area contributed by atoms with Crippen LogP contribution in [0.4, 0.5) is 0 Å². The molecule has 176 valence electrons. The van der Waals surface area contributed by atoms with Gasteiger partial charge in [-0.3, -0.25) is 4.99 Å². The van der Waals surface area contributed by atoms with Crippen molar-refractivity contribution < 1.29 is 19.1 Å². The van der Waals surface area contributed by atoms with Crippen LogP contribution in [0.3, 0.4) is 0 Å². The van der Waals surface area contributed by atoms with Crippen molar-refractivity contribution in [3.05, 3.63) is 71.8 Å². The molecule has 0 aromatic heterocycles. The maximum atomic E-state index is 11.2. The molecule has 0 radical (unpaired) electrons. The number of benzene rings is 1. The van der Waals surface area contributed by atoms with E-state index in [2.05, 4.69) is 38.1 Å². The molecule has 0 unspecified atom stereocenters. The number of carbonyl (C=O) groups excluding carboxylic acids is 2. The maximum absolute atomic E-state index is 11.2. The Labute approximate surface area is 192 Å². The Morgan fingerprint density at radius 2 is 1.66 bits per heavy atom. The van der Waals surface area contributed by atoms with Crippen molar-refractivity contribution in [2.24, 2.45) is 16.6 Å². The largest absolute Gasteiger partial charge is 0.460 e. The second-order valence-electron chi connectivity index (χ2n) is 7.76. The van der Waals surface area contributed by atoms with Gasteiger partial charge in [-0.25, -0.2) is 9.59 Å². The Morgan fingerprint density at radius 1 is 1.06 bits per heavy atom. The molecule has 0 saturated heterocycles. The van der Waals surface area contributed by atoms with Gasteiger partial charge in [0.05, 0.1) is 6.54 Å². The molecule has 0 bridgehead atoms. The van der Waals surface area contributed by atoms with Crippen LogP contribution in [0.25, 0.3) is 0 Å². The standard InChI is InChI=1S/C13H15NO2.C13H23NO2/c1-11(2)13(15)16-9-8-14-10-12-6-4-3-5-7-12;1-10(2)6-5-7-12(8-14)9-16-13(15)11(3)4/h3-7,10H,1,8-9H2,2H3;7,10H,3,5-6,8-9,14H2,1-2,4H3. The first-order chi connectivity index (χ1) is 15.2. The zero-order valence-corrected chi connectivity index (χ0v) is 19.9. The topological polar surface area (TPSA) is 91.0 Å². The molecule has 1 aromatic rings. The van der Waals surface area contributed by atoms with E-state index in [1.54, 1.807) is 20.1 Å². The highest BCUT2D eigenvalue weighted by Crippen LogP contribution is 2.07. The molecular formula is C26H38N2O4. The molecule has 6 nitrogen and oxygen atoms in total. The van der Waals surface area contributed by atoms with Gasteiger partial charge in [0, 0.05) is 23.9 Å². The zero-order valence-electron chi connectivity index (χ0n) is 19.9. The second kappa shape index (κ2) is 17.7. The van der Waals surface area contributed by atoms with E-state index in [4.69, 9.17) is 15.2 Å². The predicted molar refractivity (Wildman–Crippen MR) is 132 cm³/mol. The first-order valence-electron chi connectivity index (χ1n) is 10.7. The second-order valence-corrected chi connectivity index (χ2v) is 7.76. The lowest BCUT2D eigenvalue weighted by atomic mass is 10.1. The van der Waals surface area contributed by atoms with Gasteiger partial charge in [-0.15, -0.1) is 0 Å². The van der Waals surface area contributed by atoms with Gasteiger partial charge in [-0.1, -0.05) is 63.4 Å². The van der Waals surface area contributed by atoms with Crippen LogP contribution in [-0.2, 0) is 19.1 Å². The number of nitrogens with zero attached hydrogens (tertiary/aromatic N) is 1. The van der Waals surface area contributed by atoms with Gasteiger partial charge in [-0.05, 0) is 43.7 Å². The first kappa shape index (κ1) is 29.0. The molecule has 2 N–H and O–H groups in total.